The van der Waals surface area contributed by atoms with Crippen LogP contribution in [-0.4, -0.2) is 78.0 Å². The molecule has 1 aromatic heterocycles. The number of hydrogen-bond donors (Lipinski definition) is 6. The van der Waals surface area contributed by atoms with E-state index in [2.05, 4.69) is 34.7 Å². The van der Waals surface area contributed by atoms with Crippen LogP contribution in [-0.2, 0) is 4.74 Å². The molecule has 1 heterocycles. The van der Waals surface area contributed by atoms with Gasteiger partial charge < -0.3 is 30.1 Å². The van der Waals surface area contributed by atoms with Gasteiger partial charge in [-0.05, 0) is 37.6 Å². The van der Waals surface area contributed by atoms with Crippen LogP contribution in [0.1, 0.15) is 64.9 Å². The lowest BCUT2D eigenvalue weighted by Crippen LogP contribution is -2.34. The highest BCUT2D eigenvalue weighted by Gasteiger charge is 2.20. The number of phenols is 2. The minimum Gasteiger partial charge on any atom is -0.507 e. The van der Waals surface area contributed by atoms with Gasteiger partial charge in [-0.3, -0.25) is 15.2 Å². The third-order valence-corrected chi connectivity index (χ3v) is 5.78. The monoisotopic (exact) mass is 608 g/mol. The Balaban J connectivity index is 0.000000785. The highest BCUT2D eigenvalue weighted by molar-refractivity contribution is 6.32. The topological polar surface area (TPSA) is 149 Å². The first-order valence-corrected chi connectivity index (χ1v) is 14.7. The first-order chi connectivity index (χ1) is 20.2. The third-order valence-electron chi connectivity index (χ3n) is 5.48. The normalized spacial score (nSPS) is 10.7. The average molecular weight is 609 g/mol. The fourth-order valence-electron chi connectivity index (χ4n) is 3.21. The van der Waals surface area contributed by atoms with Crippen molar-refractivity contribution in [2.75, 3.05) is 40.0 Å². The van der Waals surface area contributed by atoms with Crippen molar-refractivity contribution < 1.29 is 29.6 Å². The van der Waals surface area contributed by atoms with Crippen molar-refractivity contribution in [2.45, 2.75) is 60.6 Å². The molecule has 0 saturated carbocycles. The Morgan fingerprint density at radius 3 is 2.19 bits per heavy atom. The summed E-state index contributed by atoms with van der Waals surface area (Å²) < 4.78 is 10.3. The van der Waals surface area contributed by atoms with Gasteiger partial charge in [0.05, 0.1) is 18.7 Å². The molecule has 0 fully saturated rings. The summed E-state index contributed by atoms with van der Waals surface area (Å²) in [6.45, 7) is 16.1. The molecule has 3 aromatic rings. The lowest BCUT2D eigenvalue weighted by molar-refractivity contribution is 0.111. The number of nitrogens with zero attached hydrogens (tertiary/aromatic N) is 1. The van der Waals surface area contributed by atoms with Crippen molar-refractivity contribution in [3.63, 3.8) is 0 Å². The van der Waals surface area contributed by atoms with Crippen molar-refractivity contribution in [3.8, 4) is 39.6 Å². The van der Waals surface area contributed by atoms with Crippen LogP contribution in [0.2, 0.25) is 5.02 Å². The predicted molar refractivity (Wildman–Crippen MR) is 171 cm³/mol. The number of hydrogen-bond acceptors (Lipinski definition) is 9. The van der Waals surface area contributed by atoms with E-state index in [4.69, 9.17) is 26.2 Å². The fourth-order valence-corrected chi connectivity index (χ4v) is 3.37. The molecule has 1 atom stereocenters. The predicted octanol–water partition coefficient (Wildman–Crippen LogP) is 6.00. The van der Waals surface area contributed by atoms with Crippen LogP contribution in [0.3, 0.4) is 0 Å². The van der Waals surface area contributed by atoms with Crippen molar-refractivity contribution in [1.29, 1.82) is 0 Å². The van der Waals surface area contributed by atoms with E-state index in [1.54, 1.807) is 38.3 Å². The molecule has 0 aliphatic rings. The molecule has 236 valence electrons. The highest BCUT2D eigenvalue weighted by Crippen LogP contribution is 2.41. The van der Waals surface area contributed by atoms with Gasteiger partial charge >= 0.3 is 0 Å². The van der Waals surface area contributed by atoms with Crippen LogP contribution >= 0.6 is 11.6 Å². The van der Waals surface area contributed by atoms with Gasteiger partial charge in [-0.1, -0.05) is 64.3 Å². The largest absolute Gasteiger partial charge is 0.507 e. The van der Waals surface area contributed by atoms with Crippen molar-refractivity contribution in [3.05, 3.63) is 47.1 Å². The van der Waals surface area contributed by atoms with Crippen LogP contribution < -0.4 is 15.4 Å². The molecule has 1 unspecified atom stereocenters. The summed E-state index contributed by atoms with van der Waals surface area (Å²) in [4.78, 5) is 11.3. The number of carbonyl (C=O) groups excluding carboxylic acids is 1. The quantitative estimate of drug-likeness (QED) is 0.0780. The second kappa shape index (κ2) is 23.4. The average Bonchev–Trinajstić information content (AvgIpc) is 3.44. The minimum atomic E-state index is -0.418. The van der Waals surface area contributed by atoms with Gasteiger partial charge in [0.15, 0.2) is 6.29 Å². The molecule has 11 heteroatoms. The number of halogens is 1. The number of nitrogens with one attached hydrogen (secondary N) is 3. The number of benzene rings is 2. The van der Waals surface area contributed by atoms with Gasteiger partial charge in [0.1, 0.15) is 34.9 Å². The standard InChI is InChI=1S/C17H13ClN2O4.C8H20N2O2.C4H10.C2H6/c1-24-10-4-2-9(3-5-10)16-13(8-21)19-20-17(16)11-6-12(18)15(23)7-14(11)22;1-3-12-7-6-9-4-5-10-8(2)11;1-3-4-2;1-2/h2-8,22-23H,1H3,(H,19,20);8-11H,3-7H2,1-2H3;3-4H2,1-2H3;1-2H3. The van der Waals surface area contributed by atoms with Gasteiger partial charge in [-0.15, -0.1) is 0 Å². The molecule has 0 saturated heterocycles. The number of aromatic amines is 1. The summed E-state index contributed by atoms with van der Waals surface area (Å²) in [5.41, 5.74) is 2.14. The molecule has 0 bridgehead atoms. The van der Waals surface area contributed by atoms with E-state index >= 15 is 0 Å². The summed E-state index contributed by atoms with van der Waals surface area (Å²) in [5.74, 6) is 0.234. The highest BCUT2D eigenvalue weighted by atomic mass is 35.5. The van der Waals surface area contributed by atoms with Crippen LogP contribution in [0.4, 0.5) is 0 Å². The molecule has 0 aliphatic heterocycles. The molecule has 42 heavy (non-hydrogen) atoms. The Bertz CT molecular complexity index is 1120. The summed E-state index contributed by atoms with van der Waals surface area (Å²) in [7, 11) is 1.56. The lowest BCUT2D eigenvalue weighted by Gasteiger charge is -2.08. The van der Waals surface area contributed by atoms with E-state index in [1.165, 1.54) is 18.9 Å². The molecule has 10 nitrogen and oxygen atoms in total. The zero-order valence-electron chi connectivity index (χ0n) is 26.0. The minimum absolute atomic E-state index is 0.0686. The first-order valence-electron chi connectivity index (χ1n) is 14.3. The Morgan fingerprint density at radius 2 is 1.67 bits per heavy atom. The van der Waals surface area contributed by atoms with Crippen molar-refractivity contribution in [2.24, 2.45) is 0 Å². The van der Waals surface area contributed by atoms with Crippen LogP contribution in [0.25, 0.3) is 22.4 Å². The number of aliphatic hydroxyl groups is 1. The number of rotatable bonds is 13. The second-order valence-corrected chi connectivity index (χ2v) is 9.01. The third kappa shape index (κ3) is 14.2. The Morgan fingerprint density at radius 1 is 1.02 bits per heavy atom. The second-order valence-electron chi connectivity index (χ2n) is 8.61. The number of aromatic hydroxyl groups is 2. The van der Waals surface area contributed by atoms with Crippen molar-refractivity contribution in [1.82, 2.24) is 20.8 Å². The maximum Gasteiger partial charge on any atom is 0.168 e. The van der Waals surface area contributed by atoms with Gasteiger partial charge in [0, 0.05) is 43.4 Å². The zero-order valence-corrected chi connectivity index (χ0v) is 26.7. The van der Waals surface area contributed by atoms with Crippen LogP contribution in [0, 0.1) is 0 Å². The number of phenolic OH excluding ortho intramolecular Hbond substituents is 2. The summed E-state index contributed by atoms with van der Waals surface area (Å²) in [6, 6.07) is 9.59. The maximum absolute atomic E-state index is 11.3. The van der Waals surface area contributed by atoms with E-state index in [9.17, 15) is 15.0 Å². The van der Waals surface area contributed by atoms with Gasteiger partial charge in [0.25, 0.3) is 0 Å². The first kappa shape index (κ1) is 38.9. The van der Waals surface area contributed by atoms with Crippen LogP contribution in [0.5, 0.6) is 17.2 Å². The van der Waals surface area contributed by atoms with E-state index in [0.717, 1.165) is 38.9 Å². The smallest absolute Gasteiger partial charge is 0.168 e. The molecular formula is C31H49ClN4O6. The molecule has 3 rings (SSSR count). The molecular weight excluding hydrogens is 560 g/mol. The fraction of sp³-hybridized carbons (Fsp3) is 0.484. The molecule has 0 aliphatic carbocycles. The Labute approximate surface area is 255 Å². The molecule has 0 amide bonds. The van der Waals surface area contributed by atoms with Gasteiger partial charge in [-0.25, -0.2) is 0 Å². The van der Waals surface area contributed by atoms with Crippen molar-refractivity contribution >= 4 is 17.9 Å². The summed E-state index contributed by atoms with van der Waals surface area (Å²) >= 11 is 5.93. The Hall–Kier alpha value is -3.15. The molecule has 2 aromatic carbocycles. The van der Waals surface area contributed by atoms with E-state index in [1.807, 2.05) is 20.8 Å². The number of methoxy groups -OCH3 is 1. The molecule has 0 spiro atoms. The number of H-pyrrole nitrogens is 1. The van der Waals surface area contributed by atoms with E-state index in [-0.39, 0.29) is 22.2 Å². The number of aromatic nitrogens is 2. The summed E-state index contributed by atoms with van der Waals surface area (Å²) in [5, 5.41) is 41.4. The van der Waals surface area contributed by atoms with Gasteiger partial charge in [0.2, 0.25) is 0 Å². The van der Waals surface area contributed by atoms with E-state index in [0.29, 0.717) is 34.4 Å². The number of carbonyl (C=O) groups is 1. The van der Waals surface area contributed by atoms with Crippen LogP contribution in [0.15, 0.2) is 36.4 Å². The van der Waals surface area contributed by atoms with E-state index < -0.39 is 6.23 Å². The lowest BCUT2D eigenvalue weighted by atomic mass is 9.98. The number of aliphatic hydroxyl groups excluding tert-OH is 1. The van der Waals surface area contributed by atoms with Gasteiger partial charge in [-0.2, -0.15) is 5.10 Å². The molecule has 6 N–H and O–H groups in total. The number of ether oxygens (including phenoxy) is 2. The Kier molecular flexibility index (Phi) is 21.7. The maximum atomic E-state index is 11.3. The number of unbranched alkanes of at least 4 members (excludes halogenated alkanes) is 1. The zero-order chi connectivity index (χ0) is 31.9. The molecule has 0 radical (unpaired) electrons. The number of aldehydes is 1. The SMILES string of the molecule is CC.CCCC.CCOCCNCCNC(C)O.COc1ccc(-c2c(-c3cc(Cl)c(O)cc3O)n[nH]c2C=O)cc1. The summed E-state index contributed by atoms with van der Waals surface area (Å²) in [6.07, 6.45) is 2.87.